The van der Waals surface area contributed by atoms with Gasteiger partial charge in [0.05, 0.1) is 16.5 Å². The van der Waals surface area contributed by atoms with Crippen molar-refractivity contribution in [3.8, 4) is 6.07 Å². The van der Waals surface area contributed by atoms with E-state index in [2.05, 4.69) is 26.8 Å². The van der Waals surface area contributed by atoms with Crippen LogP contribution < -0.4 is 10.9 Å². The Morgan fingerprint density at radius 1 is 1.17 bits per heavy atom. The average Bonchev–Trinajstić information content (AvgIpc) is 3.09. The molecule has 0 bridgehead atoms. The van der Waals surface area contributed by atoms with Crippen molar-refractivity contribution in [1.82, 2.24) is 19.7 Å². The molecule has 0 saturated carbocycles. The molecule has 0 aliphatic carbocycles. The fourth-order valence-electron chi connectivity index (χ4n) is 3.24. The average molecular weight is 494 g/mol. The van der Waals surface area contributed by atoms with Crippen LogP contribution in [0.25, 0.3) is 0 Å². The summed E-state index contributed by atoms with van der Waals surface area (Å²) < 4.78 is 29.2. The summed E-state index contributed by atoms with van der Waals surface area (Å²) >= 11 is 3.28. The van der Waals surface area contributed by atoms with E-state index in [0.717, 1.165) is 4.47 Å². The van der Waals surface area contributed by atoms with Crippen LogP contribution in [-0.2, 0) is 21.9 Å². The molecule has 0 atom stereocenters. The number of hydrogen-bond donors (Lipinski definition) is 2. The molecular weight excluding hydrogens is 474 g/mol. The van der Waals surface area contributed by atoms with Gasteiger partial charge in [0.1, 0.15) is 5.69 Å². The molecule has 1 saturated heterocycles. The van der Waals surface area contributed by atoms with Gasteiger partial charge in [0.2, 0.25) is 15.9 Å². The van der Waals surface area contributed by atoms with Gasteiger partial charge in [0.25, 0.3) is 5.91 Å². The normalized spacial score (nSPS) is 15.4. The van der Waals surface area contributed by atoms with E-state index in [1.165, 1.54) is 28.6 Å². The number of amides is 2. The third-order valence-corrected chi connectivity index (χ3v) is 7.30. The fourth-order valence-corrected chi connectivity index (χ4v) is 5.24. The zero-order chi connectivity index (χ0) is 21.9. The molecule has 0 unspecified atom stereocenters. The molecule has 0 spiro atoms. The molecule has 1 fully saturated rings. The SMILES string of the molecule is Cn1cc(Br)cc1C(=O)NNC(=O)C1CCN(S(=O)(=O)c2ccc(C#N)cc2)CC1. The number of sulfonamides is 1. The van der Waals surface area contributed by atoms with Crippen LogP contribution in [0.15, 0.2) is 45.9 Å². The number of carbonyl (C=O) groups is 2. The molecule has 1 aromatic heterocycles. The fraction of sp³-hybridized carbons (Fsp3) is 0.316. The minimum atomic E-state index is -3.69. The van der Waals surface area contributed by atoms with Gasteiger partial charge in [-0.2, -0.15) is 9.57 Å². The van der Waals surface area contributed by atoms with E-state index in [4.69, 9.17) is 5.26 Å². The number of rotatable bonds is 4. The number of hydrogen-bond acceptors (Lipinski definition) is 5. The Hall–Kier alpha value is -2.68. The second-order valence-corrected chi connectivity index (χ2v) is 9.77. The number of carbonyl (C=O) groups excluding carboxylic acids is 2. The molecule has 3 rings (SSSR count). The van der Waals surface area contributed by atoms with Crippen molar-refractivity contribution in [3.05, 3.63) is 52.3 Å². The van der Waals surface area contributed by atoms with Gasteiger partial charge < -0.3 is 4.57 Å². The summed E-state index contributed by atoms with van der Waals surface area (Å²) in [5, 5.41) is 8.84. The first kappa shape index (κ1) is 22.0. The van der Waals surface area contributed by atoms with E-state index in [1.807, 2.05) is 6.07 Å². The van der Waals surface area contributed by atoms with Gasteiger partial charge in [-0.15, -0.1) is 0 Å². The second-order valence-electron chi connectivity index (χ2n) is 6.91. The van der Waals surface area contributed by atoms with Crippen molar-refractivity contribution in [1.29, 1.82) is 5.26 Å². The van der Waals surface area contributed by atoms with Gasteiger partial charge in [-0.05, 0) is 59.1 Å². The summed E-state index contributed by atoms with van der Waals surface area (Å²) in [5.41, 5.74) is 5.57. The number of benzene rings is 1. The third kappa shape index (κ3) is 4.72. The van der Waals surface area contributed by atoms with Crippen molar-refractivity contribution < 1.29 is 18.0 Å². The van der Waals surface area contributed by atoms with Crippen LogP contribution in [0, 0.1) is 17.2 Å². The predicted octanol–water partition coefficient (Wildman–Crippen LogP) is 1.52. The minimum absolute atomic E-state index is 0.116. The number of halogens is 1. The topological polar surface area (TPSA) is 124 Å². The Balaban J connectivity index is 1.54. The lowest BCUT2D eigenvalue weighted by Gasteiger charge is -2.30. The van der Waals surface area contributed by atoms with Crippen LogP contribution in [0.2, 0.25) is 0 Å². The first-order valence-electron chi connectivity index (χ1n) is 9.14. The van der Waals surface area contributed by atoms with Crippen molar-refractivity contribution in [2.24, 2.45) is 13.0 Å². The summed E-state index contributed by atoms with van der Waals surface area (Å²) in [7, 11) is -1.97. The van der Waals surface area contributed by atoms with Crippen LogP contribution in [0.1, 0.15) is 28.9 Å². The summed E-state index contributed by atoms with van der Waals surface area (Å²) in [6, 6.07) is 9.32. The van der Waals surface area contributed by atoms with Crippen LogP contribution in [-0.4, -0.2) is 42.2 Å². The van der Waals surface area contributed by atoms with E-state index < -0.39 is 21.8 Å². The van der Waals surface area contributed by atoms with E-state index >= 15 is 0 Å². The molecule has 158 valence electrons. The van der Waals surface area contributed by atoms with Crippen molar-refractivity contribution in [3.63, 3.8) is 0 Å². The third-order valence-electron chi connectivity index (χ3n) is 4.95. The first-order chi connectivity index (χ1) is 14.2. The molecule has 2 aromatic rings. The number of nitrogens with zero attached hydrogens (tertiary/aromatic N) is 3. The smallest absolute Gasteiger partial charge is 0.286 e. The monoisotopic (exact) mass is 493 g/mol. The lowest BCUT2D eigenvalue weighted by atomic mass is 9.98. The predicted molar refractivity (Wildman–Crippen MR) is 111 cm³/mol. The maximum atomic E-state index is 12.7. The molecule has 1 aliphatic rings. The zero-order valence-corrected chi connectivity index (χ0v) is 18.5. The lowest BCUT2D eigenvalue weighted by molar-refractivity contribution is -0.126. The van der Waals surface area contributed by atoms with Crippen LogP contribution in [0.4, 0.5) is 0 Å². The lowest BCUT2D eigenvalue weighted by Crippen LogP contribution is -2.48. The molecule has 11 heteroatoms. The zero-order valence-electron chi connectivity index (χ0n) is 16.1. The number of aromatic nitrogens is 1. The van der Waals surface area contributed by atoms with E-state index in [0.29, 0.717) is 24.1 Å². The van der Waals surface area contributed by atoms with Gasteiger partial charge in [0, 0.05) is 36.7 Å². The van der Waals surface area contributed by atoms with Crippen LogP contribution in [0.5, 0.6) is 0 Å². The Kier molecular flexibility index (Phi) is 6.60. The van der Waals surface area contributed by atoms with Gasteiger partial charge in [0.15, 0.2) is 0 Å². The second kappa shape index (κ2) is 8.99. The molecule has 2 N–H and O–H groups in total. The first-order valence-corrected chi connectivity index (χ1v) is 11.4. The van der Waals surface area contributed by atoms with Gasteiger partial charge in [-0.3, -0.25) is 20.4 Å². The molecule has 2 heterocycles. The molecular formula is C19H20BrN5O4S. The highest BCUT2D eigenvalue weighted by Gasteiger charge is 2.32. The number of nitrogens with one attached hydrogen (secondary N) is 2. The van der Waals surface area contributed by atoms with Crippen molar-refractivity contribution >= 4 is 37.8 Å². The Labute approximate surface area is 182 Å². The molecule has 1 aliphatic heterocycles. The summed E-state index contributed by atoms with van der Waals surface area (Å²) in [6.07, 6.45) is 2.40. The van der Waals surface area contributed by atoms with Crippen LogP contribution in [0.3, 0.4) is 0 Å². The maximum Gasteiger partial charge on any atom is 0.286 e. The quantitative estimate of drug-likeness (QED) is 0.624. The van der Waals surface area contributed by atoms with E-state index in [9.17, 15) is 18.0 Å². The highest BCUT2D eigenvalue weighted by molar-refractivity contribution is 9.10. The summed E-state index contributed by atoms with van der Waals surface area (Å²) in [5.74, 6) is -1.21. The highest BCUT2D eigenvalue weighted by Crippen LogP contribution is 2.24. The van der Waals surface area contributed by atoms with Gasteiger partial charge in [-0.25, -0.2) is 8.42 Å². The Bertz CT molecular complexity index is 1100. The number of piperidine rings is 1. The number of hydrazine groups is 1. The minimum Gasteiger partial charge on any atom is -0.345 e. The maximum absolute atomic E-state index is 12.7. The molecule has 0 radical (unpaired) electrons. The summed E-state index contributed by atoms with van der Waals surface area (Å²) in [4.78, 5) is 24.7. The standard InChI is InChI=1S/C19H20BrN5O4S/c1-24-12-15(20)10-17(24)19(27)23-22-18(26)14-6-8-25(9-7-14)30(28,29)16-4-2-13(11-21)3-5-16/h2-5,10,12,14H,6-9H2,1H3,(H,22,26)(H,23,27). The van der Waals surface area contributed by atoms with Crippen molar-refractivity contribution in [2.45, 2.75) is 17.7 Å². The summed E-state index contributed by atoms with van der Waals surface area (Å²) in [6.45, 7) is 0.387. The van der Waals surface area contributed by atoms with Gasteiger partial charge in [-0.1, -0.05) is 0 Å². The van der Waals surface area contributed by atoms with E-state index in [-0.39, 0.29) is 23.9 Å². The van der Waals surface area contributed by atoms with Crippen LogP contribution >= 0.6 is 15.9 Å². The van der Waals surface area contributed by atoms with E-state index in [1.54, 1.807) is 23.9 Å². The molecule has 2 amide bonds. The molecule has 30 heavy (non-hydrogen) atoms. The largest absolute Gasteiger partial charge is 0.345 e. The van der Waals surface area contributed by atoms with Gasteiger partial charge >= 0.3 is 0 Å². The number of nitriles is 1. The molecule has 1 aromatic carbocycles. The van der Waals surface area contributed by atoms with Crippen molar-refractivity contribution in [2.75, 3.05) is 13.1 Å². The highest BCUT2D eigenvalue weighted by atomic mass is 79.9. The molecule has 9 nitrogen and oxygen atoms in total. The Morgan fingerprint density at radius 3 is 2.33 bits per heavy atom. The number of aryl methyl sites for hydroxylation is 1. The Morgan fingerprint density at radius 2 is 1.80 bits per heavy atom.